The van der Waals surface area contributed by atoms with Gasteiger partial charge < -0.3 is 16.0 Å². The van der Waals surface area contributed by atoms with Crippen LogP contribution < -0.4 is 16.6 Å². The first-order valence-corrected chi connectivity index (χ1v) is 7.32. The molecule has 0 aliphatic rings. The minimum Gasteiger partial charge on any atom is -0.383 e. The lowest BCUT2D eigenvalue weighted by molar-refractivity contribution is -0.116. The number of aromatic nitrogens is 3. The number of amides is 1. The highest BCUT2D eigenvalue weighted by Crippen LogP contribution is 2.14. The number of hydrogen-bond donors (Lipinski definition) is 3. The van der Waals surface area contributed by atoms with Crippen molar-refractivity contribution in [3.8, 4) is 0 Å². The molecule has 0 aliphatic carbocycles. The first-order chi connectivity index (χ1) is 10.1. The molecule has 7 nitrogen and oxygen atoms in total. The average molecular weight is 305 g/mol. The molecule has 8 heteroatoms. The number of aromatic amines is 1. The predicted octanol–water partition coefficient (Wildman–Crippen LogP) is 1.26. The van der Waals surface area contributed by atoms with E-state index in [1.54, 1.807) is 24.4 Å². The van der Waals surface area contributed by atoms with Crippen molar-refractivity contribution in [1.82, 2.24) is 15.0 Å². The molecule has 1 amide bonds. The monoisotopic (exact) mass is 305 g/mol. The van der Waals surface area contributed by atoms with Gasteiger partial charge >= 0.3 is 0 Å². The first kappa shape index (κ1) is 15.0. The fraction of sp³-hybridized carbons (Fsp3) is 0.231. The molecular formula is C13H15N5O2S. The van der Waals surface area contributed by atoms with Crippen LogP contribution in [0.3, 0.4) is 0 Å². The largest absolute Gasteiger partial charge is 0.383 e. The lowest BCUT2D eigenvalue weighted by Gasteiger charge is -2.04. The number of carbonyl (C=O) groups excluding carboxylic acids is 1. The Labute approximate surface area is 125 Å². The standard InChI is InChI=1S/C13H15N5O2S/c14-9-8-12(20)18-13(16-9)21-7-3-5-11(19)17-10-4-1-2-6-15-10/h1-2,4,6,8H,3,5,7H2,(H,15,17,19)(H3,14,16,18,20). The van der Waals surface area contributed by atoms with Gasteiger partial charge in [-0.3, -0.25) is 9.59 Å². The number of pyridine rings is 1. The fourth-order valence-electron chi connectivity index (χ4n) is 1.57. The van der Waals surface area contributed by atoms with Crippen molar-refractivity contribution in [2.75, 3.05) is 16.8 Å². The van der Waals surface area contributed by atoms with Gasteiger partial charge in [-0.05, 0) is 18.6 Å². The van der Waals surface area contributed by atoms with Gasteiger partial charge in [0.15, 0.2) is 5.16 Å². The summed E-state index contributed by atoms with van der Waals surface area (Å²) >= 11 is 1.35. The van der Waals surface area contributed by atoms with Gasteiger partial charge in [0.1, 0.15) is 11.6 Å². The Bertz CT molecular complexity index is 659. The van der Waals surface area contributed by atoms with Gasteiger partial charge in [-0.1, -0.05) is 17.8 Å². The molecule has 0 aromatic carbocycles. The van der Waals surface area contributed by atoms with Gasteiger partial charge in [0.2, 0.25) is 5.91 Å². The van der Waals surface area contributed by atoms with Crippen LogP contribution in [0.2, 0.25) is 0 Å². The molecule has 0 spiro atoms. The lowest BCUT2D eigenvalue weighted by atomic mass is 10.3. The van der Waals surface area contributed by atoms with E-state index in [1.807, 2.05) is 0 Å². The molecule has 4 N–H and O–H groups in total. The number of H-pyrrole nitrogens is 1. The number of nitrogens with zero attached hydrogens (tertiary/aromatic N) is 2. The van der Waals surface area contributed by atoms with Crippen LogP contribution in [-0.4, -0.2) is 26.6 Å². The Morgan fingerprint density at radius 1 is 1.43 bits per heavy atom. The molecule has 0 fully saturated rings. The summed E-state index contributed by atoms with van der Waals surface area (Å²) in [5, 5.41) is 3.17. The van der Waals surface area contributed by atoms with Crippen molar-refractivity contribution in [3.63, 3.8) is 0 Å². The van der Waals surface area contributed by atoms with Crippen LogP contribution >= 0.6 is 11.8 Å². The van der Waals surface area contributed by atoms with E-state index in [9.17, 15) is 9.59 Å². The Balaban J connectivity index is 1.72. The van der Waals surface area contributed by atoms with Gasteiger partial charge in [0.05, 0.1) is 0 Å². The third-order valence-corrected chi connectivity index (χ3v) is 3.42. The zero-order valence-corrected chi connectivity index (χ0v) is 12.0. The molecule has 2 heterocycles. The predicted molar refractivity (Wildman–Crippen MR) is 82.1 cm³/mol. The Hall–Kier alpha value is -2.35. The molecule has 0 aliphatic heterocycles. The summed E-state index contributed by atoms with van der Waals surface area (Å²) in [5.74, 6) is 1.29. The first-order valence-electron chi connectivity index (χ1n) is 6.34. The van der Waals surface area contributed by atoms with Crippen molar-refractivity contribution < 1.29 is 4.79 Å². The van der Waals surface area contributed by atoms with Crippen LogP contribution in [0.15, 0.2) is 40.4 Å². The maximum absolute atomic E-state index is 11.7. The summed E-state index contributed by atoms with van der Waals surface area (Å²) in [7, 11) is 0. The van der Waals surface area contributed by atoms with Crippen molar-refractivity contribution in [2.24, 2.45) is 0 Å². The number of rotatable bonds is 6. The molecule has 0 unspecified atom stereocenters. The number of nitrogens with two attached hydrogens (primary N) is 1. The molecular weight excluding hydrogens is 290 g/mol. The Morgan fingerprint density at radius 3 is 3.00 bits per heavy atom. The average Bonchev–Trinajstić information content (AvgIpc) is 2.44. The van der Waals surface area contributed by atoms with Gasteiger partial charge in [0, 0.05) is 24.4 Å². The summed E-state index contributed by atoms with van der Waals surface area (Å²) in [5.41, 5.74) is 5.20. The van der Waals surface area contributed by atoms with Crippen LogP contribution in [0.5, 0.6) is 0 Å². The second-order valence-corrected chi connectivity index (χ2v) is 5.27. The number of hydrogen-bond acceptors (Lipinski definition) is 6. The molecule has 2 rings (SSSR count). The fourth-order valence-corrected chi connectivity index (χ4v) is 2.39. The topological polar surface area (TPSA) is 114 Å². The van der Waals surface area contributed by atoms with Crippen molar-refractivity contribution in [2.45, 2.75) is 18.0 Å². The van der Waals surface area contributed by atoms with Crippen LogP contribution in [0.4, 0.5) is 11.6 Å². The van der Waals surface area contributed by atoms with E-state index in [4.69, 9.17) is 5.73 Å². The minimum absolute atomic E-state index is 0.0941. The smallest absolute Gasteiger partial charge is 0.253 e. The van der Waals surface area contributed by atoms with E-state index < -0.39 is 0 Å². The molecule has 2 aromatic rings. The number of carbonyl (C=O) groups is 1. The van der Waals surface area contributed by atoms with Gasteiger partial charge in [-0.2, -0.15) is 0 Å². The van der Waals surface area contributed by atoms with E-state index in [-0.39, 0.29) is 17.3 Å². The molecule has 110 valence electrons. The third-order valence-electron chi connectivity index (χ3n) is 2.46. The summed E-state index contributed by atoms with van der Waals surface area (Å²) in [4.78, 5) is 33.5. The number of thioether (sulfide) groups is 1. The highest BCUT2D eigenvalue weighted by molar-refractivity contribution is 7.99. The highest BCUT2D eigenvalue weighted by Gasteiger charge is 2.04. The van der Waals surface area contributed by atoms with Crippen LogP contribution in [0, 0.1) is 0 Å². The third kappa shape index (κ3) is 5.27. The van der Waals surface area contributed by atoms with Crippen molar-refractivity contribution in [3.05, 3.63) is 40.8 Å². The summed E-state index contributed by atoms with van der Waals surface area (Å²) < 4.78 is 0. The molecule has 0 radical (unpaired) electrons. The SMILES string of the molecule is Nc1cc(=O)[nH]c(SCCCC(=O)Nc2ccccn2)n1. The normalized spacial score (nSPS) is 10.3. The van der Waals surface area contributed by atoms with Crippen molar-refractivity contribution >= 4 is 29.3 Å². The summed E-state index contributed by atoms with van der Waals surface area (Å²) in [6.45, 7) is 0. The number of anilines is 2. The minimum atomic E-state index is -0.280. The highest BCUT2D eigenvalue weighted by atomic mass is 32.2. The summed E-state index contributed by atoms with van der Waals surface area (Å²) in [6, 6.07) is 6.55. The molecule has 0 saturated heterocycles. The molecule has 0 atom stereocenters. The second kappa shape index (κ2) is 7.44. The maximum atomic E-state index is 11.7. The quantitative estimate of drug-likeness (QED) is 0.420. The molecule has 2 aromatic heterocycles. The van der Waals surface area contributed by atoms with Crippen molar-refractivity contribution in [1.29, 1.82) is 0 Å². The zero-order valence-electron chi connectivity index (χ0n) is 11.2. The molecule has 0 saturated carbocycles. The lowest BCUT2D eigenvalue weighted by Crippen LogP contribution is -2.12. The maximum Gasteiger partial charge on any atom is 0.253 e. The van der Waals surface area contributed by atoms with E-state index in [0.717, 1.165) is 0 Å². The van der Waals surface area contributed by atoms with E-state index >= 15 is 0 Å². The number of nitrogen functional groups attached to an aromatic ring is 1. The second-order valence-electron chi connectivity index (χ2n) is 4.19. The van der Waals surface area contributed by atoms with E-state index in [2.05, 4.69) is 20.3 Å². The Kier molecular flexibility index (Phi) is 5.33. The van der Waals surface area contributed by atoms with Crippen LogP contribution in [0.25, 0.3) is 0 Å². The van der Waals surface area contributed by atoms with E-state index in [0.29, 0.717) is 29.6 Å². The van der Waals surface area contributed by atoms with Gasteiger partial charge in [-0.25, -0.2) is 9.97 Å². The number of nitrogens with one attached hydrogen (secondary N) is 2. The van der Waals surface area contributed by atoms with Crippen LogP contribution in [0.1, 0.15) is 12.8 Å². The Morgan fingerprint density at radius 2 is 2.29 bits per heavy atom. The van der Waals surface area contributed by atoms with E-state index in [1.165, 1.54) is 17.8 Å². The van der Waals surface area contributed by atoms with Gasteiger partial charge in [-0.15, -0.1) is 0 Å². The summed E-state index contributed by atoms with van der Waals surface area (Å²) in [6.07, 6.45) is 2.64. The van der Waals surface area contributed by atoms with Crippen LogP contribution in [-0.2, 0) is 4.79 Å². The molecule has 21 heavy (non-hydrogen) atoms. The molecule has 0 bridgehead atoms. The van der Waals surface area contributed by atoms with Gasteiger partial charge in [0.25, 0.3) is 5.56 Å². The zero-order chi connectivity index (χ0) is 15.1.